The lowest BCUT2D eigenvalue weighted by atomic mass is 10.2. The van der Waals surface area contributed by atoms with Gasteiger partial charge in [0.15, 0.2) is 5.82 Å². The number of hydrogen-bond acceptors (Lipinski definition) is 8. The molecule has 5 rings (SSSR count). The Morgan fingerprint density at radius 3 is 2.26 bits per heavy atom. The molecular weight excluding hydrogens is 544 g/mol. The number of amides is 1. The summed E-state index contributed by atoms with van der Waals surface area (Å²) in [5, 5.41) is 11.4. The summed E-state index contributed by atoms with van der Waals surface area (Å²) in [5.74, 6) is 0.388. The van der Waals surface area contributed by atoms with E-state index in [4.69, 9.17) is 27.3 Å². The van der Waals surface area contributed by atoms with Gasteiger partial charge in [-0.25, -0.2) is 14.8 Å². The number of anilines is 3. The van der Waals surface area contributed by atoms with E-state index in [0.29, 0.717) is 29.3 Å². The topological polar surface area (TPSA) is 188 Å². The first-order valence-corrected chi connectivity index (χ1v) is 13.9. The van der Waals surface area contributed by atoms with E-state index >= 15 is 0 Å². The third-order valence-electron chi connectivity index (χ3n) is 6.67. The van der Waals surface area contributed by atoms with E-state index in [1.165, 1.54) is 12.1 Å². The fourth-order valence-electron chi connectivity index (χ4n) is 4.59. The molecule has 1 amide bonds. The first-order valence-electron chi connectivity index (χ1n) is 13.9. The van der Waals surface area contributed by atoms with Gasteiger partial charge in [-0.1, -0.05) is 32.9 Å². The highest BCUT2D eigenvalue weighted by atomic mass is 16.4. The highest BCUT2D eigenvalue weighted by molar-refractivity contribution is 6.04. The van der Waals surface area contributed by atoms with Crippen molar-refractivity contribution in [2.75, 3.05) is 23.7 Å². The number of nitrogens with two attached hydrogens (primary N) is 3. The van der Waals surface area contributed by atoms with Crippen molar-refractivity contribution in [1.29, 1.82) is 0 Å². The predicted octanol–water partition coefficient (Wildman–Crippen LogP) is 5.55. The summed E-state index contributed by atoms with van der Waals surface area (Å²) in [4.78, 5) is 36.5. The molecule has 0 spiro atoms. The van der Waals surface area contributed by atoms with E-state index in [2.05, 4.69) is 26.8 Å². The molecule has 0 fully saturated rings. The average Bonchev–Trinajstić information content (AvgIpc) is 3.35. The number of pyridine rings is 2. The van der Waals surface area contributed by atoms with E-state index in [1.54, 1.807) is 42.6 Å². The molecule has 43 heavy (non-hydrogen) atoms. The Kier molecular flexibility index (Phi) is 11.4. The van der Waals surface area contributed by atoms with Gasteiger partial charge in [0.1, 0.15) is 22.4 Å². The van der Waals surface area contributed by atoms with Crippen LogP contribution in [0.4, 0.5) is 17.2 Å². The Hall–Kier alpha value is -5.19. The molecule has 0 saturated heterocycles. The number of fused-ring (bicyclic) bond motifs is 3. The van der Waals surface area contributed by atoms with Crippen LogP contribution in [0.2, 0.25) is 0 Å². The van der Waals surface area contributed by atoms with Crippen LogP contribution in [-0.4, -0.2) is 43.0 Å². The Morgan fingerprint density at radius 2 is 1.60 bits per heavy atom. The molecule has 0 aliphatic carbocycles. The van der Waals surface area contributed by atoms with Crippen LogP contribution >= 0.6 is 0 Å². The molecule has 11 heteroatoms. The normalized spacial score (nSPS) is 10.5. The minimum atomic E-state index is -0.952. The number of hydrogen-bond donors (Lipinski definition) is 5. The fraction of sp³-hybridized carbons (Fsp3) is 0.281. The van der Waals surface area contributed by atoms with Gasteiger partial charge in [-0.05, 0) is 67.8 Å². The fourth-order valence-corrected chi connectivity index (χ4v) is 4.59. The predicted molar refractivity (Wildman–Crippen MR) is 175 cm³/mol. The van der Waals surface area contributed by atoms with Gasteiger partial charge in [0.2, 0.25) is 0 Å². The van der Waals surface area contributed by atoms with E-state index in [1.807, 2.05) is 12.1 Å². The molecule has 3 heterocycles. The van der Waals surface area contributed by atoms with Crippen molar-refractivity contribution in [2.24, 2.45) is 0 Å². The van der Waals surface area contributed by atoms with Gasteiger partial charge in [-0.2, -0.15) is 0 Å². The number of rotatable bonds is 10. The molecule has 228 valence electrons. The standard InChI is InChI=1S/C24H29N7O.C7H7NO2.CH4.H2/c1-2-3-11-19-30-21-22(20-18(29-23(21)26)10-7-13-27-20)31(19)14-5-4-12-28-24(32)16-8-6-9-17(25)15-16;8-6-3-1-2-5(4-6)7(9)10;;/h6-10,13,15H,2-5,11-12,14,25H2,1H3,(H2,26,29)(H,28,32);1-4H,8H2,(H,9,10);1H4;1H/i;;;1+1. The van der Waals surface area contributed by atoms with Gasteiger partial charge >= 0.3 is 5.97 Å². The summed E-state index contributed by atoms with van der Waals surface area (Å²) in [5.41, 5.74) is 22.4. The van der Waals surface area contributed by atoms with E-state index in [-0.39, 0.29) is 20.3 Å². The Balaban J connectivity index is 0.000000482. The number of aryl methyl sites for hydroxylation is 2. The minimum absolute atomic E-state index is 0. The maximum absolute atomic E-state index is 12.3. The lowest BCUT2D eigenvalue weighted by molar-refractivity contribution is 0.0696. The van der Waals surface area contributed by atoms with E-state index in [0.717, 1.165) is 66.5 Å². The summed E-state index contributed by atoms with van der Waals surface area (Å²) in [6.07, 6.45) is 6.52. The van der Waals surface area contributed by atoms with Gasteiger partial charge in [0, 0.05) is 44.1 Å². The summed E-state index contributed by atoms with van der Waals surface area (Å²) in [6, 6.07) is 17.0. The third kappa shape index (κ3) is 8.19. The number of carboxylic acids is 1. The molecule has 2 aromatic carbocycles. The number of aromatic carboxylic acids is 1. The van der Waals surface area contributed by atoms with Crippen LogP contribution in [-0.2, 0) is 13.0 Å². The highest BCUT2D eigenvalue weighted by Gasteiger charge is 2.17. The molecular formula is C32H42N8O3. The number of nitrogen functional groups attached to an aromatic ring is 3. The molecule has 5 aromatic rings. The maximum atomic E-state index is 12.3. The number of imidazole rings is 1. The van der Waals surface area contributed by atoms with Crippen LogP contribution < -0.4 is 22.5 Å². The number of unbranched alkanes of at least 4 members (excludes halogenated alkanes) is 2. The van der Waals surface area contributed by atoms with Crippen LogP contribution in [0.1, 0.15) is 68.0 Å². The van der Waals surface area contributed by atoms with Gasteiger partial charge in [-0.15, -0.1) is 0 Å². The minimum Gasteiger partial charge on any atom is -0.478 e. The largest absolute Gasteiger partial charge is 0.478 e. The number of aromatic nitrogens is 4. The first-order chi connectivity index (χ1) is 20.3. The molecule has 11 nitrogen and oxygen atoms in total. The number of carbonyl (C=O) groups excluding carboxylic acids is 1. The third-order valence-corrected chi connectivity index (χ3v) is 6.67. The molecule has 0 aliphatic heterocycles. The zero-order valence-electron chi connectivity index (χ0n) is 23.6. The molecule has 0 atom stereocenters. The number of carboxylic acid groups (broad SMARTS) is 1. The smallest absolute Gasteiger partial charge is 0.335 e. The molecule has 0 unspecified atom stereocenters. The van der Waals surface area contributed by atoms with E-state index < -0.39 is 5.97 Å². The Bertz CT molecular complexity index is 1710. The molecule has 3 aromatic heterocycles. The lowest BCUT2D eigenvalue weighted by Gasteiger charge is -2.11. The number of benzene rings is 2. The summed E-state index contributed by atoms with van der Waals surface area (Å²) < 4.78 is 2.23. The summed E-state index contributed by atoms with van der Waals surface area (Å²) >= 11 is 0. The van der Waals surface area contributed by atoms with Gasteiger partial charge in [-0.3, -0.25) is 9.78 Å². The van der Waals surface area contributed by atoms with Crippen molar-refractivity contribution in [3.63, 3.8) is 0 Å². The Morgan fingerprint density at radius 1 is 0.907 bits per heavy atom. The Labute approximate surface area is 252 Å². The second-order valence-corrected chi connectivity index (χ2v) is 9.87. The van der Waals surface area contributed by atoms with Crippen LogP contribution in [0.3, 0.4) is 0 Å². The summed E-state index contributed by atoms with van der Waals surface area (Å²) in [7, 11) is 0. The van der Waals surface area contributed by atoms with Crippen LogP contribution in [0, 0.1) is 0 Å². The van der Waals surface area contributed by atoms with Crippen molar-refractivity contribution in [3.8, 4) is 0 Å². The van der Waals surface area contributed by atoms with Crippen molar-refractivity contribution >= 4 is 51.1 Å². The zero-order chi connectivity index (χ0) is 30.1. The van der Waals surface area contributed by atoms with Crippen molar-refractivity contribution in [2.45, 2.75) is 53.0 Å². The van der Waals surface area contributed by atoms with Gasteiger partial charge in [0.05, 0.1) is 11.1 Å². The molecule has 0 radical (unpaired) electrons. The number of nitrogens with one attached hydrogen (secondary N) is 1. The molecule has 8 N–H and O–H groups in total. The van der Waals surface area contributed by atoms with Gasteiger partial charge in [0.25, 0.3) is 5.91 Å². The lowest BCUT2D eigenvalue weighted by Crippen LogP contribution is -2.24. The van der Waals surface area contributed by atoms with Crippen LogP contribution in [0.15, 0.2) is 66.9 Å². The zero-order valence-corrected chi connectivity index (χ0v) is 23.6. The SMILES string of the molecule is C.CCCCc1nc2c(N)nc3cccnc3c2n1CCCCNC(=O)c1cccc(N)c1.Nc1cccc(C(=O)O)c1.[2HH]. The van der Waals surface area contributed by atoms with Crippen LogP contribution in [0.5, 0.6) is 0 Å². The molecule has 0 saturated carbocycles. The van der Waals surface area contributed by atoms with Gasteiger partial charge < -0.3 is 32.2 Å². The second-order valence-electron chi connectivity index (χ2n) is 9.87. The number of nitrogens with zero attached hydrogens (tertiary/aromatic N) is 4. The average molecular weight is 588 g/mol. The second kappa shape index (κ2) is 15.2. The van der Waals surface area contributed by atoms with Crippen LogP contribution in [0.25, 0.3) is 22.1 Å². The highest BCUT2D eigenvalue weighted by Crippen LogP contribution is 2.28. The summed E-state index contributed by atoms with van der Waals surface area (Å²) in [6.45, 7) is 3.54. The molecule has 0 bridgehead atoms. The van der Waals surface area contributed by atoms with Crippen molar-refractivity contribution in [1.82, 2.24) is 24.8 Å². The number of carbonyl (C=O) groups is 2. The first kappa shape index (κ1) is 32.3. The monoisotopic (exact) mass is 587 g/mol. The molecule has 0 aliphatic rings. The maximum Gasteiger partial charge on any atom is 0.335 e. The van der Waals surface area contributed by atoms with Crippen molar-refractivity contribution < 1.29 is 16.1 Å². The van der Waals surface area contributed by atoms with E-state index in [9.17, 15) is 9.59 Å². The van der Waals surface area contributed by atoms with Crippen molar-refractivity contribution in [3.05, 3.63) is 83.8 Å². The quantitative estimate of drug-likeness (QED) is 0.103.